The van der Waals surface area contributed by atoms with Crippen LogP contribution in [-0.2, 0) is 11.5 Å². The Balaban J connectivity index is 1.50. The van der Waals surface area contributed by atoms with E-state index in [1.807, 2.05) is 48.5 Å². The molecule has 0 aliphatic rings. The van der Waals surface area contributed by atoms with Crippen molar-refractivity contribution in [2.24, 2.45) is 0 Å². The summed E-state index contributed by atoms with van der Waals surface area (Å²) in [5.41, 5.74) is 3.64. The fourth-order valence-corrected chi connectivity index (χ4v) is 6.01. The first-order chi connectivity index (χ1) is 16.5. The van der Waals surface area contributed by atoms with Crippen LogP contribution in [0.5, 0.6) is 0 Å². The number of fused-ring (bicyclic) bond motifs is 2. The Kier molecular flexibility index (Phi) is 7.45. The molecule has 0 aliphatic carbocycles. The maximum absolute atomic E-state index is 6.21. The monoisotopic (exact) mass is 560 g/mol. The van der Waals surface area contributed by atoms with Crippen LogP contribution in [0.25, 0.3) is 21.8 Å². The summed E-state index contributed by atoms with van der Waals surface area (Å²) in [5, 5.41) is 4.45. The summed E-state index contributed by atoms with van der Waals surface area (Å²) in [5.74, 6) is 1.32. The van der Waals surface area contributed by atoms with E-state index in [-0.39, 0.29) is 0 Å². The van der Waals surface area contributed by atoms with Crippen LogP contribution in [0.4, 0.5) is 0 Å². The van der Waals surface area contributed by atoms with E-state index in [1.165, 1.54) is 0 Å². The van der Waals surface area contributed by atoms with Crippen molar-refractivity contribution in [1.29, 1.82) is 0 Å². The maximum atomic E-state index is 6.21. The van der Waals surface area contributed by atoms with Gasteiger partial charge in [0.25, 0.3) is 0 Å². The van der Waals surface area contributed by atoms with Gasteiger partial charge < -0.3 is 0 Å². The number of halogens is 4. The van der Waals surface area contributed by atoms with Crippen molar-refractivity contribution >= 4 is 91.7 Å². The first-order valence-corrected chi connectivity index (χ1v) is 13.8. The highest BCUT2D eigenvalue weighted by atomic mass is 35.5. The van der Waals surface area contributed by atoms with Crippen LogP contribution in [-0.4, -0.2) is 9.97 Å². The molecule has 0 atom stereocenters. The van der Waals surface area contributed by atoms with Crippen molar-refractivity contribution in [1.82, 2.24) is 9.97 Å². The van der Waals surface area contributed by atoms with E-state index in [0.717, 1.165) is 43.0 Å². The largest absolute Gasteiger partial charge is 0.248 e. The van der Waals surface area contributed by atoms with Crippen LogP contribution in [0.1, 0.15) is 11.4 Å². The molecule has 8 heteroatoms. The number of hydrogen-bond acceptors (Lipinski definition) is 4. The zero-order chi connectivity index (χ0) is 23.7. The summed E-state index contributed by atoms with van der Waals surface area (Å²) in [6.07, 6.45) is 0. The first-order valence-electron chi connectivity index (χ1n) is 10.3. The molecule has 0 amide bonds. The average Bonchev–Trinajstić information content (AvgIpc) is 2.84. The summed E-state index contributed by atoms with van der Waals surface area (Å²) >= 11 is 27.9. The van der Waals surface area contributed by atoms with E-state index in [2.05, 4.69) is 24.3 Å². The summed E-state index contributed by atoms with van der Waals surface area (Å²) < 4.78 is 0. The fourth-order valence-electron chi connectivity index (χ4n) is 3.48. The zero-order valence-corrected chi connectivity index (χ0v) is 22.2. The third kappa shape index (κ3) is 5.43. The Morgan fingerprint density at radius 2 is 0.971 bits per heavy atom. The highest BCUT2D eigenvalue weighted by Gasteiger charge is 2.13. The number of thioether (sulfide) groups is 2. The van der Waals surface area contributed by atoms with Crippen LogP contribution in [0.3, 0.4) is 0 Å². The Morgan fingerprint density at radius 3 is 1.38 bits per heavy atom. The molecule has 0 saturated heterocycles. The highest BCUT2D eigenvalue weighted by Crippen LogP contribution is 2.34. The predicted octanol–water partition coefficient (Wildman–Crippen LogP) is 9.98. The van der Waals surface area contributed by atoms with E-state index in [4.69, 9.17) is 56.4 Å². The molecule has 1 heterocycles. The predicted molar refractivity (Wildman–Crippen MR) is 149 cm³/mol. The van der Waals surface area contributed by atoms with Crippen molar-refractivity contribution in [2.75, 3.05) is 0 Å². The van der Waals surface area contributed by atoms with Gasteiger partial charge in [-0.05, 0) is 59.3 Å². The molecule has 2 nitrogen and oxygen atoms in total. The van der Waals surface area contributed by atoms with E-state index in [0.29, 0.717) is 31.6 Å². The topological polar surface area (TPSA) is 25.8 Å². The minimum Gasteiger partial charge on any atom is -0.248 e. The van der Waals surface area contributed by atoms with Gasteiger partial charge in [-0.1, -0.05) is 70.7 Å². The van der Waals surface area contributed by atoms with Crippen molar-refractivity contribution in [3.05, 3.63) is 104 Å². The van der Waals surface area contributed by atoms with Gasteiger partial charge in [0.2, 0.25) is 0 Å². The van der Waals surface area contributed by atoms with Gasteiger partial charge in [-0.25, -0.2) is 9.97 Å². The molecule has 1 aromatic heterocycles. The number of aromatic nitrogens is 2. The SMILES string of the molecule is Clc1ccc(SCc2nc3cc4ccccc4cc3nc2CSc2ccc(Cl)c(Cl)c2)cc1Cl. The standard InChI is InChI=1S/C26H16Cl4N2S2/c27-19-7-5-17(11-21(19)29)33-13-25-26(14-34-18-6-8-20(28)22(30)12-18)32-24-10-16-4-2-1-3-15(16)9-23(24)31-25/h1-12H,13-14H2. The number of benzene rings is 4. The lowest BCUT2D eigenvalue weighted by Gasteiger charge is -2.11. The van der Waals surface area contributed by atoms with Crippen LogP contribution >= 0.6 is 69.9 Å². The number of nitrogens with zero attached hydrogens (tertiary/aromatic N) is 2. The summed E-state index contributed by atoms with van der Waals surface area (Å²) in [6.45, 7) is 0. The van der Waals surface area contributed by atoms with Gasteiger partial charge in [-0.2, -0.15) is 0 Å². The molecule has 0 N–H and O–H groups in total. The van der Waals surface area contributed by atoms with Crippen molar-refractivity contribution in [3.63, 3.8) is 0 Å². The third-order valence-electron chi connectivity index (χ3n) is 5.22. The quantitative estimate of drug-likeness (QED) is 0.152. The van der Waals surface area contributed by atoms with Gasteiger partial charge in [-0.3, -0.25) is 0 Å². The molecule has 0 unspecified atom stereocenters. The minimum atomic E-state index is 0.540. The highest BCUT2D eigenvalue weighted by molar-refractivity contribution is 7.99. The lowest BCUT2D eigenvalue weighted by Crippen LogP contribution is -2.01. The van der Waals surface area contributed by atoms with E-state index in [9.17, 15) is 0 Å². The van der Waals surface area contributed by atoms with Crippen molar-refractivity contribution < 1.29 is 0 Å². The Labute approximate surface area is 226 Å². The fraction of sp³-hybridized carbons (Fsp3) is 0.0769. The number of rotatable bonds is 6. The maximum Gasteiger partial charge on any atom is 0.0897 e. The minimum absolute atomic E-state index is 0.540. The van der Waals surface area contributed by atoms with Crippen molar-refractivity contribution in [2.45, 2.75) is 21.3 Å². The molecule has 170 valence electrons. The average molecular weight is 562 g/mol. The van der Waals surface area contributed by atoms with Crippen LogP contribution in [0.2, 0.25) is 20.1 Å². The molecular formula is C26H16Cl4N2S2. The molecule has 4 aromatic carbocycles. The lowest BCUT2D eigenvalue weighted by atomic mass is 10.1. The second-order valence-electron chi connectivity index (χ2n) is 7.53. The van der Waals surface area contributed by atoms with Crippen LogP contribution in [0, 0.1) is 0 Å². The lowest BCUT2D eigenvalue weighted by molar-refractivity contribution is 1.07. The van der Waals surface area contributed by atoms with Gasteiger partial charge in [0.15, 0.2) is 0 Å². The smallest absolute Gasteiger partial charge is 0.0897 e. The normalized spacial score (nSPS) is 11.4. The first kappa shape index (κ1) is 24.1. The molecule has 0 spiro atoms. The second-order valence-corrected chi connectivity index (χ2v) is 11.3. The molecule has 5 aromatic rings. The van der Waals surface area contributed by atoms with Gasteiger partial charge in [0.05, 0.1) is 42.5 Å². The van der Waals surface area contributed by atoms with Crippen molar-refractivity contribution in [3.8, 4) is 0 Å². The molecule has 5 rings (SSSR count). The molecule has 34 heavy (non-hydrogen) atoms. The Bertz CT molecular complexity index is 1410. The van der Waals surface area contributed by atoms with Gasteiger partial charge in [-0.15, -0.1) is 23.5 Å². The van der Waals surface area contributed by atoms with E-state index >= 15 is 0 Å². The summed E-state index contributed by atoms with van der Waals surface area (Å²) in [4.78, 5) is 12.1. The molecular weight excluding hydrogens is 546 g/mol. The molecule has 0 saturated carbocycles. The molecule has 0 aliphatic heterocycles. The van der Waals surface area contributed by atoms with Crippen LogP contribution in [0.15, 0.2) is 82.6 Å². The summed E-state index contributed by atoms with van der Waals surface area (Å²) in [6, 6.07) is 23.7. The molecule has 0 fully saturated rings. The van der Waals surface area contributed by atoms with Gasteiger partial charge >= 0.3 is 0 Å². The van der Waals surface area contributed by atoms with E-state index in [1.54, 1.807) is 23.5 Å². The Hall–Kier alpha value is -1.66. The second kappa shape index (κ2) is 10.5. The van der Waals surface area contributed by atoms with Gasteiger partial charge in [0, 0.05) is 21.3 Å². The Morgan fingerprint density at radius 1 is 0.529 bits per heavy atom. The van der Waals surface area contributed by atoms with E-state index < -0.39 is 0 Å². The summed E-state index contributed by atoms with van der Waals surface area (Å²) in [7, 11) is 0. The van der Waals surface area contributed by atoms with Crippen LogP contribution < -0.4 is 0 Å². The third-order valence-corrected chi connectivity index (χ3v) is 8.71. The van der Waals surface area contributed by atoms with Gasteiger partial charge in [0.1, 0.15) is 0 Å². The number of hydrogen-bond donors (Lipinski definition) is 0. The molecule has 0 bridgehead atoms. The molecule has 0 radical (unpaired) electrons. The zero-order valence-electron chi connectivity index (χ0n) is 17.6.